The van der Waals surface area contributed by atoms with Crippen LogP contribution in [0, 0.1) is 12.7 Å². The highest BCUT2D eigenvalue weighted by atomic mass is 32.2. The number of anilines is 2. The fraction of sp³-hybridized carbons (Fsp3) is 0.143. The Hall–Kier alpha value is -2.08. The molecule has 0 aliphatic rings. The SMILES string of the molecule is Cc1ccccc1N(C)S(=O)(=O)c1c(N)cccc1F. The van der Waals surface area contributed by atoms with Gasteiger partial charge in [-0.15, -0.1) is 0 Å². The van der Waals surface area contributed by atoms with Gasteiger partial charge in [0.2, 0.25) is 0 Å². The van der Waals surface area contributed by atoms with Gasteiger partial charge in [-0.2, -0.15) is 0 Å². The molecule has 2 aromatic carbocycles. The minimum Gasteiger partial charge on any atom is -0.398 e. The van der Waals surface area contributed by atoms with Crippen molar-refractivity contribution in [1.82, 2.24) is 0 Å². The fourth-order valence-electron chi connectivity index (χ4n) is 1.98. The van der Waals surface area contributed by atoms with Crippen LogP contribution in [0.25, 0.3) is 0 Å². The summed E-state index contributed by atoms with van der Waals surface area (Å²) in [6.45, 7) is 1.78. The van der Waals surface area contributed by atoms with Gasteiger partial charge in [0.05, 0.1) is 11.4 Å². The molecule has 106 valence electrons. The Morgan fingerprint density at radius 3 is 2.35 bits per heavy atom. The van der Waals surface area contributed by atoms with Crippen LogP contribution in [0.15, 0.2) is 47.4 Å². The second-order valence-corrected chi connectivity index (χ2v) is 6.32. The Kier molecular flexibility index (Phi) is 3.67. The lowest BCUT2D eigenvalue weighted by Crippen LogP contribution is -2.28. The van der Waals surface area contributed by atoms with Gasteiger partial charge in [0.15, 0.2) is 0 Å². The number of nitrogen functional groups attached to an aromatic ring is 1. The lowest BCUT2D eigenvalue weighted by atomic mass is 10.2. The zero-order valence-electron chi connectivity index (χ0n) is 11.2. The van der Waals surface area contributed by atoms with E-state index in [-0.39, 0.29) is 5.69 Å². The first-order chi connectivity index (χ1) is 9.35. The Balaban J connectivity index is 2.59. The van der Waals surface area contributed by atoms with Gasteiger partial charge in [0.1, 0.15) is 10.7 Å². The third kappa shape index (κ3) is 2.34. The number of aryl methyl sites for hydroxylation is 1. The van der Waals surface area contributed by atoms with Gasteiger partial charge in [-0.25, -0.2) is 12.8 Å². The summed E-state index contributed by atoms with van der Waals surface area (Å²) in [6, 6.07) is 10.8. The van der Waals surface area contributed by atoms with Crippen LogP contribution in [-0.2, 0) is 10.0 Å². The monoisotopic (exact) mass is 294 g/mol. The largest absolute Gasteiger partial charge is 0.398 e. The molecule has 2 rings (SSSR count). The first kappa shape index (κ1) is 14.3. The van der Waals surface area contributed by atoms with E-state index < -0.39 is 20.7 Å². The summed E-state index contributed by atoms with van der Waals surface area (Å²) in [4.78, 5) is -0.495. The van der Waals surface area contributed by atoms with Crippen LogP contribution >= 0.6 is 0 Å². The van der Waals surface area contributed by atoms with Gasteiger partial charge in [-0.3, -0.25) is 4.31 Å². The molecule has 6 heteroatoms. The third-order valence-electron chi connectivity index (χ3n) is 3.07. The first-order valence-electron chi connectivity index (χ1n) is 5.94. The average molecular weight is 294 g/mol. The molecule has 0 aliphatic carbocycles. The Morgan fingerprint density at radius 2 is 1.75 bits per heavy atom. The minimum atomic E-state index is -4.04. The number of para-hydroxylation sites is 1. The molecule has 4 nitrogen and oxygen atoms in total. The normalized spacial score (nSPS) is 11.3. The average Bonchev–Trinajstić information content (AvgIpc) is 2.38. The van der Waals surface area contributed by atoms with Gasteiger partial charge in [0.25, 0.3) is 10.0 Å². The van der Waals surface area contributed by atoms with E-state index in [1.807, 2.05) is 0 Å². The maximum absolute atomic E-state index is 13.8. The first-order valence-corrected chi connectivity index (χ1v) is 7.38. The zero-order chi connectivity index (χ0) is 14.9. The summed E-state index contributed by atoms with van der Waals surface area (Å²) in [5.74, 6) is -0.856. The third-order valence-corrected chi connectivity index (χ3v) is 4.94. The van der Waals surface area contributed by atoms with Crippen molar-refractivity contribution >= 4 is 21.4 Å². The summed E-state index contributed by atoms with van der Waals surface area (Å²) < 4.78 is 39.9. The van der Waals surface area contributed by atoms with Crippen molar-refractivity contribution in [2.24, 2.45) is 0 Å². The van der Waals surface area contributed by atoms with E-state index >= 15 is 0 Å². The summed E-state index contributed by atoms with van der Waals surface area (Å²) in [7, 11) is -2.66. The zero-order valence-corrected chi connectivity index (χ0v) is 12.0. The number of nitrogens with zero attached hydrogens (tertiary/aromatic N) is 1. The smallest absolute Gasteiger partial charge is 0.269 e. The quantitative estimate of drug-likeness (QED) is 0.885. The van der Waals surface area contributed by atoms with E-state index in [9.17, 15) is 12.8 Å². The molecule has 0 aromatic heterocycles. The number of hydrogen-bond donors (Lipinski definition) is 1. The number of nitrogens with two attached hydrogens (primary N) is 1. The molecule has 0 spiro atoms. The van der Waals surface area contributed by atoms with E-state index in [1.165, 1.54) is 19.2 Å². The summed E-state index contributed by atoms with van der Waals surface area (Å²) in [6.07, 6.45) is 0. The Bertz CT molecular complexity index is 724. The van der Waals surface area contributed by atoms with Crippen molar-refractivity contribution in [1.29, 1.82) is 0 Å². The molecule has 20 heavy (non-hydrogen) atoms. The predicted octanol–water partition coefficient (Wildman–Crippen LogP) is 2.54. The van der Waals surface area contributed by atoms with Crippen molar-refractivity contribution in [3.05, 3.63) is 53.8 Å². The van der Waals surface area contributed by atoms with Crippen LogP contribution < -0.4 is 10.0 Å². The van der Waals surface area contributed by atoms with Crippen LogP contribution in [0.3, 0.4) is 0 Å². The molecule has 0 bridgehead atoms. The number of rotatable bonds is 3. The maximum Gasteiger partial charge on any atom is 0.269 e. The van der Waals surface area contributed by atoms with Crippen LogP contribution in [0.5, 0.6) is 0 Å². The van der Waals surface area contributed by atoms with Crippen molar-refractivity contribution in [3.8, 4) is 0 Å². The predicted molar refractivity (Wildman–Crippen MR) is 77.6 cm³/mol. The van der Waals surface area contributed by atoms with Gasteiger partial charge < -0.3 is 5.73 Å². The van der Waals surface area contributed by atoms with Gasteiger partial charge in [-0.1, -0.05) is 24.3 Å². The van der Waals surface area contributed by atoms with E-state index in [4.69, 9.17) is 5.73 Å². The molecular formula is C14H15FN2O2S. The summed E-state index contributed by atoms with van der Waals surface area (Å²) in [5, 5.41) is 0. The maximum atomic E-state index is 13.8. The lowest BCUT2D eigenvalue weighted by molar-refractivity contribution is 0.567. The number of sulfonamides is 1. The Labute approximate surface area is 117 Å². The molecule has 0 aliphatic heterocycles. The fourth-order valence-corrected chi connectivity index (χ4v) is 3.40. The highest BCUT2D eigenvalue weighted by Crippen LogP contribution is 2.29. The van der Waals surface area contributed by atoms with Gasteiger partial charge in [-0.05, 0) is 30.7 Å². The van der Waals surface area contributed by atoms with Crippen molar-refractivity contribution < 1.29 is 12.8 Å². The Morgan fingerprint density at radius 1 is 1.10 bits per heavy atom. The molecule has 2 aromatic rings. The van der Waals surface area contributed by atoms with Gasteiger partial charge >= 0.3 is 0 Å². The van der Waals surface area contributed by atoms with Crippen LogP contribution in [0.4, 0.5) is 15.8 Å². The van der Waals surface area contributed by atoms with Crippen LogP contribution in [-0.4, -0.2) is 15.5 Å². The molecule has 0 saturated heterocycles. The van der Waals surface area contributed by atoms with Crippen LogP contribution in [0.1, 0.15) is 5.56 Å². The van der Waals surface area contributed by atoms with E-state index in [1.54, 1.807) is 31.2 Å². The lowest BCUT2D eigenvalue weighted by Gasteiger charge is -2.22. The molecule has 0 amide bonds. The number of hydrogen-bond acceptors (Lipinski definition) is 3. The molecule has 0 heterocycles. The second-order valence-electron chi connectivity index (χ2n) is 4.42. The summed E-state index contributed by atoms with van der Waals surface area (Å²) in [5.41, 5.74) is 6.76. The second kappa shape index (κ2) is 5.13. The van der Waals surface area contributed by atoms with Crippen LogP contribution in [0.2, 0.25) is 0 Å². The topological polar surface area (TPSA) is 63.4 Å². The molecular weight excluding hydrogens is 279 g/mol. The standard InChI is InChI=1S/C14H15FN2O2S/c1-10-6-3-4-9-13(10)17(2)20(18,19)14-11(15)7-5-8-12(14)16/h3-9H,16H2,1-2H3. The molecule has 0 atom stereocenters. The van der Waals surface area contributed by atoms with E-state index in [0.717, 1.165) is 15.9 Å². The highest BCUT2D eigenvalue weighted by Gasteiger charge is 2.27. The molecule has 0 saturated carbocycles. The summed E-state index contributed by atoms with van der Waals surface area (Å²) >= 11 is 0. The minimum absolute atomic E-state index is 0.106. The molecule has 2 N–H and O–H groups in total. The molecule has 0 fully saturated rings. The number of halogens is 1. The highest BCUT2D eigenvalue weighted by molar-refractivity contribution is 7.93. The van der Waals surface area contributed by atoms with Crippen molar-refractivity contribution in [2.75, 3.05) is 17.1 Å². The molecule has 0 unspecified atom stereocenters. The number of benzene rings is 2. The molecule has 0 radical (unpaired) electrons. The van der Waals surface area contributed by atoms with Crippen molar-refractivity contribution in [2.45, 2.75) is 11.8 Å². The van der Waals surface area contributed by atoms with E-state index in [2.05, 4.69) is 0 Å². The van der Waals surface area contributed by atoms with Crippen molar-refractivity contribution in [3.63, 3.8) is 0 Å². The van der Waals surface area contributed by atoms with Gasteiger partial charge in [0, 0.05) is 7.05 Å². The van der Waals surface area contributed by atoms with E-state index in [0.29, 0.717) is 5.69 Å².